The van der Waals surface area contributed by atoms with Crippen molar-refractivity contribution in [1.29, 1.82) is 0 Å². The fraction of sp³-hybridized carbons (Fsp3) is 0.429. The van der Waals surface area contributed by atoms with Crippen molar-refractivity contribution in [3.05, 3.63) is 27.6 Å². The molecule has 0 radical (unpaired) electrons. The molecular weight excluding hydrogens is 304 g/mol. The second kappa shape index (κ2) is 5.88. The molecule has 2 amide bonds. The van der Waals surface area contributed by atoms with Gasteiger partial charge in [0.2, 0.25) is 5.91 Å². The number of hydrogen-bond donors (Lipinski definition) is 2. The molecule has 0 spiro atoms. The molecule has 0 atom stereocenters. The molecule has 0 saturated carbocycles. The maximum absolute atomic E-state index is 12.1. The predicted molar refractivity (Wildman–Crippen MR) is 81.1 cm³/mol. The standard InChI is InChI=1S/C14H16N4O3S/c1-7-9(8(2)21-18-7)6-11(19)17-14-16-10-4-3-5-15-13(20)12(10)22-14/h3-6H2,1-2H3,(H,15,20)(H,16,17,19). The molecule has 1 aliphatic rings. The van der Waals surface area contributed by atoms with E-state index < -0.39 is 0 Å². The Balaban J connectivity index is 1.72. The lowest BCUT2D eigenvalue weighted by atomic mass is 10.1. The summed E-state index contributed by atoms with van der Waals surface area (Å²) in [6, 6.07) is 0. The van der Waals surface area contributed by atoms with E-state index in [9.17, 15) is 9.59 Å². The summed E-state index contributed by atoms with van der Waals surface area (Å²) in [5.74, 6) is 0.330. The number of nitrogens with zero attached hydrogens (tertiary/aromatic N) is 2. The van der Waals surface area contributed by atoms with Gasteiger partial charge in [-0.3, -0.25) is 9.59 Å². The summed E-state index contributed by atoms with van der Waals surface area (Å²) < 4.78 is 5.04. The van der Waals surface area contributed by atoms with Crippen LogP contribution in [0, 0.1) is 13.8 Å². The van der Waals surface area contributed by atoms with E-state index in [2.05, 4.69) is 20.8 Å². The maximum atomic E-state index is 12.1. The highest BCUT2D eigenvalue weighted by Crippen LogP contribution is 2.26. The molecule has 0 aliphatic carbocycles. The lowest BCUT2D eigenvalue weighted by Crippen LogP contribution is -2.21. The van der Waals surface area contributed by atoms with E-state index in [4.69, 9.17) is 4.52 Å². The Morgan fingerprint density at radius 2 is 2.27 bits per heavy atom. The van der Waals surface area contributed by atoms with Gasteiger partial charge in [0.1, 0.15) is 10.6 Å². The Morgan fingerprint density at radius 1 is 1.45 bits per heavy atom. The SMILES string of the molecule is Cc1noc(C)c1CC(=O)Nc1nc2c(s1)C(=O)NCCC2. The molecule has 2 aromatic heterocycles. The van der Waals surface area contributed by atoms with Crippen molar-refractivity contribution in [2.24, 2.45) is 0 Å². The van der Waals surface area contributed by atoms with E-state index in [1.165, 1.54) is 11.3 Å². The second-order valence-corrected chi connectivity index (χ2v) is 6.18. The lowest BCUT2D eigenvalue weighted by Gasteiger charge is -2.01. The summed E-state index contributed by atoms with van der Waals surface area (Å²) in [6.07, 6.45) is 1.77. The molecule has 3 rings (SSSR count). The van der Waals surface area contributed by atoms with E-state index in [1.54, 1.807) is 13.8 Å². The largest absolute Gasteiger partial charge is 0.361 e. The van der Waals surface area contributed by atoms with Crippen LogP contribution in [-0.4, -0.2) is 28.5 Å². The van der Waals surface area contributed by atoms with Gasteiger partial charge in [-0.05, 0) is 26.7 Å². The van der Waals surface area contributed by atoms with Crippen molar-refractivity contribution in [2.75, 3.05) is 11.9 Å². The topological polar surface area (TPSA) is 97.1 Å². The molecule has 0 aromatic carbocycles. The van der Waals surface area contributed by atoms with Crippen molar-refractivity contribution < 1.29 is 14.1 Å². The summed E-state index contributed by atoms with van der Waals surface area (Å²) in [7, 11) is 0. The third kappa shape index (κ3) is 2.87. The molecule has 8 heteroatoms. The maximum Gasteiger partial charge on any atom is 0.263 e. The van der Waals surface area contributed by atoms with Crippen LogP contribution in [-0.2, 0) is 17.6 Å². The van der Waals surface area contributed by atoms with Crippen molar-refractivity contribution in [3.8, 4) is 0 Å². The minimum Gasteiger partial charge on any atom is -0.361 e. The van der Waals surface area contributed by atoms with Crippen LogP contribution in [0.4, 0.5) is 5.13 Å². The number of rotatable bonds is 3. The van der Waals surface area contributed by atoms with Crippen molar-refractivity contribution in [3.63, 3.8) is 0 Å². The molecule has 2 aromatic rings. The monoisotopic (exact) mass is 320 g/mol. The van der Waals surface area contributed by atoms with Gasteiger partial charge < -0.3 is 15.2 Å². The zero-order chi connectivity index (χ0) is 15.7. The Hall–Kier alpha value is -2.22. The van der Waals surface area contributed by atoms with Gasteiger partial charge in [-0.25, -0.2) is 4.98 Å². The smallest absolute Gasteiger partial charge is 0.263 e. The molecule has 0 saturated heterocycles. The Labute approximate surface area is 131 Å². The number of aromatic nitrogens is 2. The highest BCUT2D eigenvalue weighted by atomic mass is 32.1. The van der Waals surface area contributed by atoms with Gasteiger partial charge in [0.25, 0.3) is 5.91 Å². The number of hydrogen-bond acceptors (Lipinski definition) is 6. The molecule has 0 fully saturated rings. The molecular formula is C14H16N4O3S. The Bertz CT molecular complexity index is 715. The molecule has 22 heavy (non-hydrogen) atoms. The minimum absolute atomic E-state index is 0.115. The number of carbonyl (C=O) groups excluding carboxylic acids is 2. The molecule has 3 heterocycles. The third-order valence-corrected chi connectivity index (χ3v) is 4.56. The lowest BCUT2D eigenvalue weighted by molar-refractivity contribution is -0.115. The predicted octanol–water partition coefficient (Wildman–Crippen LogP) is 1.61. The summed E-state index contributed by atoms with van der Waals surface area (Å²) in [6.45, 7) is 4.24. The van der Waals surface area contributed by atoms with Gasteiger partial charge in [-0.2, -0.15) is 0 Å². The fourth-order valence-corrected chi connectivity index (χ4v) is 3.31. The first-order valence-electron chi connectivity index (χ1n) is 7.04. The van der Waals surface area contributed by atoms with E-state index in [1.807, 2.05) is 0 Å². The van der Waals surface area contributed by atoms with Gasteiger partial charge >= 0.3 is 0 Å². The number of carbonyl (C=O) groups is 2. The van der Waals surface area contributed by atoms with Gasteiger partial charge in [-0.15, -0.1) is 0 Å². The number of amides is 2. The number of aryl methyl sites for hydroxylation is 3. The molecule has 7 nitrogen and oxygen atoms in total. The molecule has 2 N–H and O–H groups in total. The first-order chi connectivity index (χ1) is 10.5. The Kier molecular flexibility index (Phi) is 3.93. The summed E-state index contributed by atoms with van der Waals surface area (Å²) in [5, 5.41) is 9.85. The van der Waals surface area contributed by atoms with Crippen LogP contribution >= 0.6 is 11.3 Å². The van der Waals surface area contributed by atoms with Crippen LogP contribution in [0.2, 0.25) is 0 Å². The Morgan fingerprint density at radius 3 is 3.00 bits per heavy atom. The summed E-state index contributed by atoms with van der Waals surface area (Å²) in [5.41, 5.74) is 2.25. The minimum atomic E-state index is -0.196. The highest BCUT2D eigenvalue weighted by Gasteiger charge is 2.22. The zero-order valence-electron chi connectivity index (χ0n) is 12.4. The van der Waals surface area contributed by atoms with Crippen molar-refractivity contribution >= 4 is 28.3 Å². The van der Waals surface area contributed by atoms with E-state index in [0.29, 0.717) is 28.0 Å². The van der Waals surface area contributed by atoms with Crippen LogP contribution in [0.1, 0.15) is 38.8 Å². The molecule has 116 valence electrons. The van der Waals surface area contributed by atoms with E-state index in [0.717, 1.165) is 24.1 Å². The summed E-state index contributed by atoms with van der Waals surface area (Å²) in [4.78, 5) is 29.0. The second-order valence-electron chi connectivity index (χ2n) is 5.18. The van der Waals surface area contributed by atoms with Crippen LogP contribution in [0.25, 0.3) is 0 Å². The number of fused-ring (bicyclic) bond motifs is 1. The first-order valence-corrected chi connectivity index (χ1v) is 7.85. The third-order valence-electron chi connectivity index (χ3n) is 3.54. The average Bonchev–Trinajstić information content (AvgIpc) is 2.96. The van der Waals surface area contributed by atoms with Crippen LogP contribution in [0.5, 0.6) is 0 Å². The van der Waals surface area contributed by atoms with E-state index in [-0.39, 0.29) is 18.2 Å². The van der Waals surface area contributed by atoms with Crippen LogP contribution < -0.4 is 10.6 Å². The average molecular weight is 320 g/mol. The number of anilines is 1. The first kappa shape index (κ1) is 14.7. The van der Waals surface area contributed by atoms with Gasteiger partial charge in [-0.1, -0.05) is 16.5 Å². The molecule has 1 aliphatic heterocycles. The highest BCUT2D eigenvalue weighted by molar-refractivity contribution is 7.17. The quantitative estimate of drug-likeness (QED) is 0.895. The van der Waals surface area contributed by atoms with E-state index >= 15 is 0 Å². The van der Waals surface area contributed by atoms with Gasteiger partial charge in [0.05, 0.1) is 17.8 Å². The van der Waals surface area contributed by atoms with Crippen LogP contribution in [0.15, 0.2) is 4.52 Å². The van der Waals surface area contributed by atoms with Crippen molar-refractivity contribution in [2.45, 2.75) is 33.1 Å². The number of nitrogens with one attached hydrogen (secondary N) is 2. The zero-order valence-corrected chi connectivity index (χ0v) is 13.2. The number of thiazole rings is 1. The molecule has 0 bridgehead atoms. The molecule has 0 unspecified atom stereocenters. The van der Waals surface area contributed by atoms with Crippen LogP contribution in [0.3, 0.4) is 0 Å². The van der Waals surface area contributed by atoms with Gasteiger partial charge in [0.15, 0.2) is 5.13 Å². The van der Waals surface area contributed by atoms with Crippen molar-refractivity contribution in [1.82, 2.24) is 15.5 Å². The van der Waals surface area contributed by atoms with Gasteiger partial charge in [0, 0.05) is 12.1 Å². The fourth-order valence-electron chi connectivity index (χ4n) is 2.37. The summed E-state index contributed by atoms with van der Waals surface area (Å²) >= 11 is 1.21. The normalized spacial score (nSPS) is 14.2.